The fourth-order valence-corrected chi connectivity index (χ4v) is 3.01. The number of nitrogens with one attached hydrogen (secondary N) is 1. The van der Waals surface area contributed by atoms with Gasteiger partial charge in [0.05, 0.1) is 7.11 Å². The standard InChI is InChI=1S/C16H25N3O2/c1-19(15-6-4-3-5-12(15)11-17)16(20)18-13-7-9-14(21-2)10-8-13/h7-10,12,15H,3-6,11,17H2,1-2H3,(H,18,20). The first-order chi connectivity index (χ1) is 10.2. The SMILES string of the molecule is COc1ccc(NC(=O)N(C)C2CCCCC2CN)cc1. The zero-order chi connectivity index (χ0) is 15.2. The van der Waals surface area contributed by atoms with E-state index < -0.39 is 0 Å². The van der Waals surface area contributed by atoms with Crippen LogP contribution in [0.2, 0.25) is 0 Å². The molecule has 116 valence electrons. The lowest BCUT2D eigenvalue weighted by molar-refractivity contribution is 0.150. The van der Waals surface area contributed by atoms with Crippen LogP contribution in [0, 0.1) is 5.92 Å². The third kappa shape index (κ3) is 3.88. The predicted octanol–water partition coefficient (Wildman–Crippen LogP) is 2.68. The van der Waals surface area contributed by atoms with Gasteiger partial charge in [-0.05, 0) is 49.6 Å². The molecule has 1 saturated carbocycles. The van der Waals surface area contributed by atoms with Gasteiger partial charge in [0.1, 0.15) is 5.75 Å². The number of nitrogens with zero attached hydrogens (tertiary/aromatic N) is 1. The number of ether oxygens (including phenoxy) is 1. The van der Waals surface area contributed by atoms with Crippen molar-refractivity contribution in [2.75, 3.05) is 26.0 Å². The zero-order valence-electron chi connectivity index (χ0n) is 12.8. The van der Waals surface area contributed by atoms with E-state index in [-0.39, 0.29) is 12.1 Å². The van der Waals surface area contributed by atoms with E-state index in [2.05, 4.69) is 5.32 Å². The first kappa shape index (κ1) is 15.6. The summed E-state index contributed by atoms with van der Waals surface area (Å²) >= 11 is 0. The molecule has 0 aliphatic heterocycles. The molecule has 0 bridgehead atoms. The average molecular weight is 291 g/mol. The summed E-state index contributed by atoms with van der Waals surface area (Å²) in [6.07, 6.45) is 4.53. The molecule has 2 rings (SSSR count). The Morgan fingerprint density at radius 1 is 1.33 bits per heavy atom. The van der Waals surface area contributed by atoms with Crippen molar-refractivity contribution in [1.82, 2.24) is 4.90 Å². The van der Waals surface area contributed by atoms with Gasteiger partial charge in [0, 0.05) is 18.8 Å². The fraction of sp³-hybridized carbons (Fsp3) is 0.562. The topological polar surface area (TPSA) is 67.6 Å². The zero-order valence-corrected chi connectivity index (χ0v) is 12.8. The highest BCUT2D eigenvalue weighted by molar-refractivity contribution is 5.89. The first-order valence-corrected chi connectivity index (χ1v) is 7.53. The van der Waals surface area contributed by atoms with Gasteiger partial charge in [-0.1, -0.05) is 12.8 Å². The minimum atomic E-state index is -0.0782. The fourth-order valence-electron chi connectivity index (χ4n) is 3.01. The third-order valence-electron chi connectivity index (χ3n) is 4.33. The van der Waals surface area contributed by atoms with Crippen LogP contribution < -0.4 is 15.8 Å². The number of anilines is 1. The van der Waals surface area contributed by atoms with Crippen molar-refractivity contribution in [3.8, 4) is 5.75 Å². The minimum Gasteiger partial charge on any atom is -0.497 e. The van der Waals surface area contributed by atoms with Gasteiger partial charge < -0.3 is 20.7 Å². The molecule has 2 unspecified atom stereocenters. The number of carbonyl (C=O) groups is 1. The smallest absolute Gasteiger partial charge is 0.321 e. The maximum Gasteiger partial charge on any atom is 0.321 e. The van der Waals surface area contributed by atoms with Crippen molar-refractivity contribution < 1.29 is 9.53 Å². The van der Waals surface area contributed by atoms with Crippen LogP contribution in [0.15, 0.2) is 24.3 Å². The second kappa shape index (κ2) is 7.31. The van der Waals surface area contributed by atoms with Crippen LogP contribution in [0.5, 0.6) is 5.75 Å². The van der Waals surface area contributed by atoms with Gasteiger partial charge in [0.2, 0.25) is 0 Å². The lowest BCUT2D eigenvalue weighted by Crippen LogP contribution is -2.47. The average Bonchev–Trinajstić information content (AvgIpc) is 2.54. The molecule has 0 saturated heterocycles. The molecule has 0 spiro atoms. The number of urea groups is 1. The number of benzene rings is 1. The maximum atomic E-state index is 12.4. The Morgan fingerprint density at radius 3 is 2.62 bits per heavy atom. The third-order valence-corrected chi connectivity index (χ3v) is 4.33. The molecule has 2 atom stereocenters. The summed E-state index contributed by atoms with van der Waals surface area (Å²) in [5.74, 6) is 1.18. The van der Waals surface area contributed by atoms with E-state index in [1.165, 1.54) is 12.8 Å². The van der Waals surface area contributed by atoms with Gasteiger partial charge in [-0.25, -0.2) is 4.79 Å². The van der Waals surface area contributed by atoms with Crippen molar-refractivity contribution in [2.24, 2.45) is 11.7 Å². The molecule has 0 radical (unpaired) electrons. The second-order valence-corrected chi connectivity index (χ2v) is 5.62. The van der Waals surface area contributed by atoms with Crippen LogP contribution in [0.4, 0.5) is 10.5 Å². The number of hydrogen-bond donors (Lipinski definition) is 2. The Labute approximate surface area is 126 Å². The molecule has 0 aromatic heterocycles. The summed E-state index contributed by atoms with van der Waals surface area (Å²) in [4.78, 5) is 14.2. The second-order valence-electron chi connectivity index (χ2n) is 5.62. The van der Waals surface area contributed by atoms with E-state index in [9.17, 15) is 4.79 Å². The van der Waals surface area contributed by atoms with E-state index in [4.69, 9.17) is 10.5 Å². The van der Waals surface area contributed by atoms with Crippen molar-refractivity contribution in [3.63, 3.8) is 0 Å². The van der Waals surface area contributed by atoms with E-state index in [0.717, 1.165) is 24.3 Å². The summed E-state index contributed by atoms with van der Waals surface area (Å²) in [5.41, 5.74) is 6.61. The van der Waals surface area contributed by atoms with Gasteiger partial charge in [-0.15, -0.1) is 0 Å². The summed E-state index contributed by atoms with van der Waals surface area (Å²) in [6.45, 7) is 0.644. The molecule has 2 amide bonds. The number of carbonyl (C=O) groups excluding carboxylic acids is 1. The van der Waals surface area contributed by atoms with Crippen LogP contribution in [-0.4, -0.2) is 37.7 Å². The molecule has 3 N–H and O–H groups in total. The number of hydrogen-bond acceptors (Lipinski definition) is 3. The monoisotopic (exact) mass is 291 g/mol. The highest BCUT2D eigenvalue weighted by atomic mass is 16.5. The van der Waals surface area contributed by atoms with Crippen LogP contribution >= 0.6 is 0 Å². The molecular weight excluding hydrogens is 266 g/mol. The van der Waals surface area contributed by atoms with E-state index in [1.807, 2.05) is 31.3 Å². The molecule has 1 aliphatic rings. The quantitative estimate of drug-likeness (QED) is 0.896. The Morgan fingerprint density at radius 2 is 2.00 bits per heavy atom. The van der Waals surface area contributed by atoms with Crippen LogP contribution in [0.3, 0.4) is 0 Å². The first-order valence-electron chi connectivity index (χ1n) is 7.53. The Bertz CT molecular complexity index is 461. The Balaban J connectivity index is 1.97. The van der Waals surface area contributed by atoms with E-state index in [1.54, 1.807) is 12.0 Å². The summed E-state index contributed by atoms with van der Waals surface area (Å²) in [5, 5.41) is 2.93. The molecular formula is C16H25N3O2. The maximum absolute atomic E-state index is 12.4. The predicted molar refractivity (Wildman–Crippen MR) is 84.6 cm³/mol. The van der Waals surface area contributed by atoms with Gasteiger partial charge in [0.25, 0.3) is 0 Å². The van der Waals surface area contributed by atoms with Crippen LogP contribution in [-0.2, 0) is 0 Å². The number of rotatable bonds is 4. The summed E-state index contributed by atoms with van der Waals surface area (Å²) < 4.78 is 5.11. The van der Waals surface area contributed by atoms with E-state index in [0.29, 0.717) is 12.5 Å². The summed E-state index contributed by atoms with van der Waals surface area (Å²) in [7, 11) is 3.48. The van der Waals surface area contributed by atoms with Crippen LogP contribution in [0.25, 0.3) is 0 Å². The largest absolute Gasteiger partial charge is 0.497 e. The lowest BCUT2D eigenvalue weighted by Gasteiger charge is -2.37. The number of methoxy groups -OCH3 is 1. The Kier molecular flexibility index (Phi) is 5.44. The van der Waals surface area contributed by atoms with E-state index >= 15 is 0 Å². The summed E-state index contributed by atoms with van der Waals surface area (Å²) in [6, 6.07) is 7.50. The Hall–Kier alpha value is -1.75. The molecule has 5 heteroatoms. The van der Waals surface area contributed by atoms with Gasteiger partial charge in [-0.3, -0.25) is 0 Å². The molecule has 1 fully saturated rings. The highest BCUT2D eigenvalue weighted by Crippen LogP contribution is 2.27. The normalized spacial score (nSPS) is 21.7. The molecule has 21 heavy (non-hydrogen) atoms. The van der Waals surface area contributed by atoms with Gasteiger partial charge in [-0.2, -0.15) is 0 Å². The molecule has 1 aliphatic carbocycles. The van der Waals surface area contributed by atoms with Crippen molar-refractivity contribution in [3.05, 3.63) is 24.3 Å². The molecule has 1 aromatic rings. The number of amides is 2. The molecule has 1 aromatic carbocycles. The van der Waals surface area contributed by atoms with Crippen LogP contribution in [0.1, 0.15) is 25.7 Å². The minimum absolute atomic E-state index is 0.0782. The molecule has 0 heterocycles. The lowest BCUT2D eigenvalue weighted by atomic mass is 9.84. The van der Waals surface area contributed by atoms with Gasteiger partial charge >= 0.3 is 6.03 Å². The number of nitrogens with two attached hydrogens (primary N) is 1. The van der Waals surface area contributed by atoms with Crippen molar-refractivity contribution in [2.45, 2.75) is 31.7 Å². The van der Waals surface area contributed by atoms with Gasteiger partial charge in [0.15, 0.2) is 0 Å². The van der Waals surface area contributed by atoms with Crippen molar-refractivity contribution >= 4 is 11.7 Å². The highest BCUT2D eigenvalue weighted by Gasteiger charge is 2.29. The molecule has 5 nitrogen and oxygen atoms in total. The van der Waals surface area contributed by atoms with Crippen molar-refractivity contribution in [1.29, 1.82) is 0 Å².